The van der Waals surface area contributed by atoms with Gasteiger partial charge < -0.3 is 14.9 Å². The van der Waals surface area contributed by atoms with Crippen LogP contribution in [0.25, 0.3) is 0 Å². The summed E-state index contributed by atoms with van der Waals surface area (Å²) in [5, 5.41) is 18.9. The van der Waals surface area contributed by atoms with Gasteiger partial charge in [-0.15, -0.1) is 0 Å². The second-order valence-electron chi connectivity index (χ2n) is 5.16. The topological polar surface area (TPSA) is 70.0 Å². The van der Waals surface area contributed by atoms with Crippen LogP contribution >= 0.6 is 0 Å². The van der Waals surface area contributed by atoms with Crippen LogP contribution in [0.1, 0.15) is 32.6 Å². The Morgan fingerprint density at radius 1 is 1.65 bits per heavy atom. The van der Waals surface area contributed by atoms with Gasteiger partial charge in [-0.2, -0.15) is 0 Å². The van der Waals surface area contributed by atoms with Gasteiger partial charge in [-0.25, -0.2) is 0 Å². The van der Waals surface area contributed by atoms with Crippen LogP contribution in [0, 0.1) is 0 Å². The van der Waals surface area contributed by atoms with Crippen molar-refractivity contribution in [2.24, 2.45) is 0 Å². The van der Waals surface area contributed by atoms with E-state index in [1.54, 1.807) is 0 Å². The Labute approximate surface area is 101 Å². The van der Waals surface area contributed by atoms with Crippen molar-refractivity contribution in [3.8, 4) is 0 Å². The van der Waals surface area contributed by atoms with Gasteiger partial charge in [0.1, 0.15) is 6.04 Å². The molecule has 2 fully saturated rings. The van der Waals surface area contributed by atoms with Gasteiger partial charge in [0.05, 0.1) is 11.7 Å². The minimum absolute atomic E-state index is 0.298. The van der Waals surface area contributed by atoms with Gasteiger partial charge in [0.15, 0.2) is 0 Å². The van der Waals surface area contributed by atoms with E-state index < -0.39 is 12.0 Å². The highest BCUT2D eigenvalue weighted by atomic mass is 16.5. The minimum atomic E-state index is -0.763. The van der Waals surface area contributed by atoms with Crippen LogP contribution in [0.15, 0.2) is 0 Å². The van der Waals surface area contributed by atoms with E-state index in [1.165, 1.54) is 0 Å². The molecule has 3 atom stereocenters. The number of carbonyl (C=O) groups is 1. The third kappa shape index (κ3) is 2.61. The Morgan fingerprint density at radius 2 is 2.41 bits per heavy atom. The van der Waals surface area contributed by atoms with Crippen molar-refractivity contribution < 1.29 is 19.7 Å². The number of carboxylic acids is 1. The zero-order valence-corrected chi connectivity index (χ0v) is 10.3. The molecule has 0 bridgehead atoms. The predicted octanol–water partition coefficient (Wildman–Crippen LogP) is 0.465. The lowest BCUT2D eigenvalue weighted by Crippen LogP contribution is -2.47. The molecule has 0 saturated carbocycles. The van der Waals surface area contributed by atoms with Crippen molar-refractivity contribution in [2.75, 3.05) is 19.7 Å². The van der Waals surface area contributed by atoms with Crippen molar-refractivity contribution in [1.29, 1.82) is 0 Å². The van der Waals surface area contributed by atoms with Gasteiger partial charge in [0.2, 0.25) is 0 Å². The molecule has 2 N–H and O–H groups in total. The highest BCUT2D eigenvalue weighted by Gasteiger charge is 2.45. The van der Waals surface area contributed by atoms with Crippen LogP contribution in [0.3, 0.4) is 0 Å². The Bertz CT molecular complexity index is 296. The quantitative estimate of drug-likeness (QED) is 0.754. The molecule has 2 heterocycles. The maximum absolute atomic E-state index is 11.1. The molecule has 0 aromatic carbocycles. The zero-order chi connectivity index (χ0) is 12.5. The number of nitrogens with zero attached hydrogens (tertiary/aromatic N) is 1. The SMILES string of the molecule is CC[C@H](C(=O)O)N1CC[C@]2(C[C@H](O)CCO2)C1. The molecule has 0 radical (unpaired) electrons. The molecule has 0 aliphatic carbocycles. The molecule has 5 heteroatoms. The van der Waals surface area contributed by atoms with Gasteiger partial charge in [-0.05, 0) is 19.3 Å². The molecule has 5 nitrogen and oxygen atoms in total. The number of ether oxygens (including phenoxy) is 1. The lowest BCUT2D eigenvalue weighted by molar-refractivity contribution is -0.144. The maximum Gasteiger partial charge on any atom is 0.320 e. The number of likely N-dealkylation sites (tertiary alicyclic amines) is 1. The Balaban J connectivity index is 2.00. The first-order chi connectivity index (χ1) is 8.06. The maximum atomic E-state index is 11.1. The Hall–Kier alpha value is -0.650. The summed E-state index contributed by atoms with van der Waals surface area (Å²) in [4.78, 5) is 13.1. The summed E-state index contributed by atoms with van der Waals surface area (Å²) in [6.45, 7) is 3.85. The molecule has 17 heavy (non-hydrogen) atoms. The van der Waals surface area contributed by atoms with Gasteiger partial charge in [-0.3, -0.25) is 9.69 Å². The molecule has 2 aliphatic rings. The molecule has 0 unspecified atom stereocenters. The Kier molecular flexibility index (Phi) is 3.70. The van der Waals surface area contributed by atoms with Gasteiger partial charge in [-0.1, -0.05) is 6.92 Å². The molecule has 0 aromatic rings. The smallest absolute Gasteiger partial charge is 0.320 e. The number of aliphatic hydroxyl groups is 1. The summed E-state index contributed by atoms with van der Waals surface area (Å²) in [5.41, 5.74) is -0.305. The van der Waals surface area contributed by atoms with Crippen molar-refractivity contribution in [2.45, 2.75) is 50.4 Å². The fourth-order valence-electron chi connectivity index (χ4n) is 3.02. The Morgan fingerprint density at radius 3 is 3.00 bits per heavy atom. The monoisotopic (exact) mass is 243 g/mol. The first kappa shape index (κ1) is 12.8. The third-order valence-electron chi connectivity index (χ3n) is 3.93. The molecule has 1 spiro atoms. The fraction of sp³-hybridized carbons (Fsp3) is 0.917. The second-order valence-corrected chi connectivity index (χ2v) is 5.16. The molecule has 0 amide bonds. The second kappa shape index (κ2) is 4.92. The van der Waals surface area contributed by atoms with E-state index in [9.17, 15) is 9.90 Å². The lowest BCUT2D eigenvalue weighted by atomic mass is 9.91. The summed E-state index contributed by atoms with van der Waals surface area (Å²) < 4.78 is 5.81. The average molecular weight is 243 g/mol. The number of aliphatic hydroxyl groups excluding tert-OH is 1. The molecular formula is C12H21NO4. The number of aliphatic carboxylic acids is 1. The van der Waals surface area contributed by atoms with Crippen molar-refractivity contribution in [3.05, 3.63) is 0 Å². The van der Waals surface area contributed by atoms with Crippen LogP contribution < -0.4 is 0 Å². The third-order valence-corrected chi connectivity index (χ3v) is 3.93. The normalized spacial score (nSPS) is 36.2. The molecule has 2 rings (SSSR count). The summed E-state index contributed by atoms with van der Waals surface area (Å²) in [6, 6.07) is -0.419. The van der Waals surface area contributed by atoms with Gasteiger partial charge >= 0.3 is 5.97 Å². The van der Waals surface area contributed by atoms with Crippen LogP contribution in [0.5, 0.6) is 0 Å². The molecule has 98 valence electrons. The van der Waals surface area contributed by atoms with E-state index in [2.05, 4.69) is 0 Å². The summed E-state index contributed by atoms with van der Waals surface area (Å²) in [7, 11) is 0. The van der Waals surface area contributed by atoms with Crippen molar-refractivity contribution in [1.82, 2.24) is 4.90 Å². The zero-order valence-electron chi connectivity index (χ0n) is 10.3. The van der Waals surface area contributed by atoms with E-state index in [1.807, 2.05) is 11.8 Å². The van der Waals surface area contributed by atoms with Crippen LogP contribution in [-0.4, -0.2) is 58.5 Å². The minimum Gasteiger partial charge on any atom is -0.480 e. The predicted molar refractivity (Wildman–Crippen MR) is 61.8 cm³/mol. The largest absolute Gasteiger partial charge is 0.480 e. The van der Waals surface area contributed by atoms with E-state index in [4.69, 9.17) is 9.84 Å². The molecular weight excluding hydrogens is 222 g/mol. The summed E-state index contributed by atoms with van der Waals surface area (Å²) in [6.07, 6.45) is 2.47. The average Bonchev–Trinajstić information content (AvgIpc) is 2.62. The van der Waals surface area contributed by atoms with Crippen LogP contribution in [-0.2, 0) is 9.53 Å². The first-order valence-electron chi connectivity index (χ1n) is 6.35. The van der Waals surface area contributed by atoms with Crippen LogP contribution in [0.2, 0.25) is 0 Å². The van der Waals surface area contributed by atoms with Crippen LogP contribution in [0.4, 0.5) is 0 Å². The summed E-state index contributed by atoms with van der Waals surface area (Å²) >= 11 is 0. The highest BCUT2D eigenvalue weighted by Crippen LogP contribution is 2.35. The highest BCUT2D eigenvalue weighted by molar-refractivity contribution is 5.73. The number of rotatable bonds is 3. The number of hydrogen-bond acceptors (Lipinski definition) is 4. The van der Waals surface area contributed by atoms with Gasteiger partial charge in [0.25, 0.3) is 0 Å². The lowest BCUT2D eigenvalue weighted by Gasteiger charge is -2.36. The standard InChI is InChI=1S/C12H21NO4/c1-2-10(11(15)16)13-5-4-12(8-13)7-9(14)3-6-17-12/h9-10,14H,2-8H2,1H3,(H,15,16)/t9-,10-,12+/m1/s1. The summed E-state index contributed by atoms with van der Waals surface area (Å²) in [5.74, 6) is -0.763. The van der Waals surface area contributed by atoms with E-state index in [-0.39, 0.29) is 11.7 Å². The van der Waals surface area contributed by atoms with Gasteiger partial charge in [0, 0.05) is 26.1 Å². The van der Waals surface area contributed by atoms with E-state index in [0.29, 0.717) is 32.4 Å². The van der Waals surface area contributed by atoms with E-state index >= 15 is 0 Å². The van der Waals surface area contributed by atoms with Crippen molar-refractivity contribution >= 4 is 5.97 Å². The number of carboxylic acid groups (broad SMARTS) is 1. The first-order valence-corrected chi connectivity index (χ1v) is 6.35. The molecule has 0 aromatic heterocycles. The fourth-order valence-corrected chi connectivity index (χ4v) is 3.02. The molecule has 2 saturated heterocycles. The van der Waals surface area contributed by atoms with E-state index in [0.717, 1.165) is 13.0 Å². The van der Waals surface area contributed by atoms with Crippen molar-refractivity contribution in [3.63, 3.8) is 0 Å². The number of hydrogen-bond donors (Lipinski definition) is 2. The molecule has 2 aliphatic heterocycles.